The lowest BCUT2D eigenvalue weighted by Gasteiger charge is -2.39. The number of phenolic OH excluding ortho intramolecular Hbond substituents is 1. The zero-order valence-corrected chi connectivity index (χ0v) is 25.0. The van der Waals surface area contributed by atoms with Crippen molar-refractivity contribution in [3.8, 4) is 16.9 Å². The van der Waals surface area contributed by atoms with Crippen molar-refractivity contribution in [2.45, 2.75) is 37.5 Å². The SMILES string of the molecule is CC(C)(C)c1cc(C2c3ccccc3-c3ccccc32)c(O)c(C(c2ccccc2)(c2ccccc2)c2ccccc2)c1. The topological polar surface area (TPSA) is 20.2 Å². The molecule has 6 aromatic rings. The van der Waals surface area contributed by atoms with Crippen LogP contribution < -0.4 is 0 Å². The van der Waals surface area contributed by atoms with E-state index in [2.05, 4.69) is 172 Å². The van der Waals surface area contributed by atoms with Crippen molar-refractivity contribution < 1.29 is 5.11 Å². The van der Waals surface area contributed by atoms with Crippen molar-refractivity contribution in [3.05, 3.63) is 196 Å². The molecule has 1 N–H and O–H groups in total. The van der Waals surface area contributed by atoms with Crippen LogP contribution in [-0.2, 0) is 10.8 Å². The fourth-order valence-corrected chi connectivity index (χ4v) is 7.12. The Morgan fingerprint density at radius 1 is 0.442 bits per heavy atom. The molecule has 0 bridgehead atoms. The molecule has 0 radical (unpaired) electrons. The molecule has 7 rings (SSSR count). The molecule has 1 heteroatoms. The third kappa shape index (κ3) is 4.31. The summed E-state index contributed by atoms with van der Waals surface area (Å²) in [5, 5.41) is 12.8. The second kappa shape index (κ2) is 10.4. The summed E-state index contributed by atoms with van der Waals surface area (Å²) in [6.07, 6.45) is 0. The number of phenols is 1. The van der Waals surface area contributed by atoms with Crippen LogP contribution in [0.2, 0.25) is 0 Å². The van der Waals surface area contributed by atoms with Crippen molar-refractivity contribution in [2.75, 3.05) is 0 Å². The molecule has 6 aromatic carbocycles. The number of benzene rings is 6. The Kier molecular flexibility index (Phi) is 6.55. The Morgan fingerprint density at radius 2 is 0.837 bits per heavy atom. The van der Waals surface area contributed by atoms with E-state index in [1.54, 1.807) is 0 Å². The number of aromatic hydroxyl groups is 1. The lowest BCUT2D eigenvalue weighted by molar-refractivity contribution is 0.450. The maximum atomic E-state index is 12.8. The van der Waals surface area contributed by atoms with Gasteiger partial charge >= 0.3 is 0 Å². The van der Waals surface area contributed by atoms with E-state index in [-0.39, 0.29) is 11.3 Å². The second-order valence-corrected chi connectivity index (χ2v) is 12.7. The minimum Gasteiger partial charge on any atom is -0.507 e. The molecule has 0 unspecified atom stereocenters. The summed E-state index contributed by atoms with van der Waals surface area (Å²) in [5.74, 6) is 0.273. The lowest BCUT2D eigenvalue weighted by atomic mass is 9.63. The van der Waals surface area contributed by atoms with Gasteiger partial charge in [0.05, 0.1) is 5.41 Å². The third-order valence-electron chi connectivity index (χ3n) is 9.17. The summed E-state index contributed by atoms with van der Waals surface area (Å²) in [6, 6.07) is 53.8. The highest BCUT2D eigenvalue weighted by molar-refractivity contribution is 5.82. The van der Waals surface area contributed by atoms with Crippen molar-refractivity contribution >= 4 is 0 Å². The third-order valence-corrected chi connectivity index (χ3v) is 9.17. The number of hydrogen-bond acceptors (Lipinski definition) is 1. The van der Waals surface area contributed by atoms with Gasteiger partial charge in [0.25, 0.3) is 0 Å². The number of fused-ring (bicyclic) bond motifs is 3. The molecule has 1 aliphatic carbocycles. The zero-order chi connectivity index (χ0) is 29.6. The molecule has 0 spiro atoms. The quantitative estimate of drug-likeness (QED) is 0.209. The molecule has 1 nitrogen and oxygen atoms in total. The van der Waals surface area contributed by atoms with Gasteiger partial charge in [-0.1, -0.05) is 166 Å². The van der Waals surface area contributed by atoms with Crippen LogP contribution in [0.25, 0.3) is 11.1 Å². The molecule has 0 saturated carbocycles. The molecule has 0 amide bonds. The van der Waals surface area contributed by atoms with E-state index in [0.717, 1.165) is 27.8 Å². The summed E-state index contributed by atoms with van der Waals surface area (Å²) in [5.41, 5.74) is 10.5. The molecule has 1 aliphatic rings. The second-order valence-electron chi connectivity index (χ2n) is 12.7. The Morgan fingerprint density at radius 3 is 1.26 bits per heavy atom. The van der Waals surface area contributed by atoms with Gasteiger partial charge in [-0.3, -0.25) is 0 Å². The van der Waals surface area contributed by atoms with Gasteiger partial charge in [-0.15, -0.1) is 0 Å². The lowest BCUT2D eigenvalue weighted by Crippen LogP contribution is -2.32. The standard InChI is InChI=1S/C42H36O/c1-41(2,3)32-27-37(39-35-25-15-13-23-33(35)34-24-14-16-26-36(34)39)40(43)38(28-32)42(29-17-7-4-8-18-29,30-19-9-5-10-20-30)31-21-11-6-12-22-31/h4-28,39,43H,1-3H3. The predicted octanol–water partition coefficient (Wildman–Crippen LogP) is 10.2. The van der Waals surface area contributed by atoms with Gasteiger partial charge < -0.3 is 5.11 Å². The molecule has 210 valence electrons. The summed E-state index contributed by atoms with van der Waals surface area (Å²) in [6.45, 7) is 6.79. The maximum Gasteiger partial charge on any atom is 0.124 e. The highest BCUT2D eigenvalue weighted by Gasteiger charge is 2.43. The summed E-state index contributed by atoms with van der Waals surface area (Å²) >= 11 is 0. The van der Waals surface area contributed by atoms with Crippen molar-refractivity contribution in [2.24, 2.45) is 0 Å². The van der Waals surface area contributed by atoms with Gasteiger partial charge in [-0.25, -0.2) is 0 Å². The first kappa shape index (κ1) is 27.0. The minimum absolute atomic E-state index is 0.0755. The summed E-state index contributed by atoms with van der Waals surface area (Å²) in [4.78, 5) is 0. The van der Waals surface area contributed by atoms with Gasteiger partial charge in [0, 0.05) is 17.0 Å². The van der Waals surface area contributed by atoms with E-state index >= 15 is 0 Å². The van der Waals surface area contributed by atoms with Crippen LogP contribution in [0.4, 0.5) is 0 Å². The fourth-order valence-electron chi connectivity index (χ4n) is 7.12. The Balaban J connectivity index is 1.63. The highest BCUT2D eigenvalue weighted by Crippen LogP contribution is 2.55. The van der Waals surface area contributed by atoms with Crippen LogP contribution in [0.5, 0.6) is 5.75 Å². The highest BCUT2D eigenvalue weighted by atomic mass is 16.3. The van der Waals surface area contributed by atoms with Crippen LogP contribution in [0, 0.1) is 0 Å². The molecule has 0 aliphatic heterocycles. The minimum atomic E-state index is -0.748. The molecular weight excluding hydrogens is 520 g/mol. The number of rotatable bonds is 5. The first-order chi connectivity index (χ1) is 20.9. The van der Waals surface area contributed by atoms with E-state index in [0.29, 0.717) is 5.75 Å². The molecule has 0 fully saturated rings. The molecule has 0 aromatic heterocycles. The monoisotopic (exact) mass is 556 g/mol. The van der Waals surface area contributed by atoms with Gasteiger partial charge in [0.15, 0.2) is 0 Å². The van der Waals surface area contributed by atoms with Crippen LogP contribution >= 0.6 is 0 Å². The van der Waals surface area contributed by atoms with Gasteiger partial charge in [0.1, 0.15) is 5.75 Å². The van der Waals surface area contributed by atoms with Crippen LogP contribution in [0.3, 0.4) is 0 Å². The van der Waals surface area contributed by atoms with Gasteiger partial charge in [0.2, 0.25) is 0 Å². The van der Waals surface area contributed by atoms with Crippen molar-refractivity contribution in [1.29, 1.82) is 0 Å². The Bertz CT molecular complexity index is 1750. The average Bonchev–Trinajstić information content (AvgIpc) is 3.37. The maximum absolute atomic E-state index is 12.8. The van der Waals surface area contributed by atoms with Gasteiger partial charge in [-0.05, 0) is 56.0 Å². The Labute approximate surface area is 255 Å². The predicted molar refractivity (Wildman–Crippen MR) is 178 cm³/mol. The van der Waals surface area contributed by atoms with E-state index in [1.165, 1.54) is 27.8 Å². The number of hydrogen-bond donors (Lipinski definition) is 1. The van der Waals surface area contributed by atoms with Crippen LogP contribution in [0.1, 0.15) is 71.2 Å². The van der Waals surface area contributed by atoms with E-state index < -0.39 is 5.41 Å². The van der Waals surface area contributed by atoms with E-state index in [1.807, 2.05) is 0 Å². The van der Waals surface area contributed by atoms with E-state index in [9.17, 15) is 5.11 Å². The molecular formula is C42H36O. The molecule has 0 atom stereocenters. The largest absolute Gasteiger partial charge is 0.507 e. The average molecular weight is 557 g/mol. The molecule has 0 heterocycles. The van der Waals surface area contributed by atoms with Crippen molar-refractivity contribution in [1.82, 2.24) is 0 Å². The van der Waals surface area contributed by atoms with E-state index in [4.69, 9.17) is 0 Å². The van der Waals surface area contributed by atoms with Crippen LogP contribution in [-0.4, -0.2) is 5.11 Å². The molecule has 43 heavy (non-hydrogen) atoms. The summed E-state index contributed by atoms with van der Waals surface area (Å²) < 4.78 is 0. The van der Waals surface area contributed by atoms with Crippen LogP contribution in [0.15, 0.2) is 152 Å². The van der Waals surface area contributed by atoms with Gasteiger partial charge in [-0.2, -0.15) is 0 Å². The fraction of sp³-hybridized carbons (Fsp3) is 0.143. The zero-order valence-electron chi connectivity index (χ0n) is 25.0. The first-order valence-electron chi connectivity index (χ1n) is 15.1. The normalized spacial score (nSPS) is 13.0. The smallest absolute Gasteiger partial charge is 0.124 e. The van der Waals surface area contributed by atoms with Crippen molar-refractivity contribution in [3.63, 3.8) is 0 Å². The molecule has 0 saturated heterocycles. The summed E-state index contributed by atoms with van der Waals surface area (Å²) in [7, 11) is 0. The Hall–Kier alpha value is -4.88. The first-order valence-corrected chi connectivity index (χ1v) is 15.1.